The van der Waals surface area contributed by atoms with Crippen molar-refractivity contribution >= 4 is 28.5 Å². The summed E-state index contributed by atoms with van der Waals surface area (Å²) in [6.45, 7) is 1.04. The zero-order valence-electron chi connectivity index (χ0n) is 11.0. The first-order valence-electron chi connectivity index (χ1n) is 5.89. The van der Waals surface area contributed by atoms with Crippen molar-refractivity contribution in [3.05, 3.63) is 24.3 Å². The molecular weight excluding hydrogens is 264 g/mol. The lowest BCUT2D eigenvalue weighted by Gasteiger charge is -2.15. The molecule has 0 spiro atoms. The predicted octanol–water partition coefficient (Wildman–Crippen LogP) is 1.90. The number of aliphatic imine (C=N–C) groups is 1. The van der Waals surface area contributed by atoms with Gasteiger partial charge in [-0.15, -0.1) is 0 Å². The second-order valence-electron chi connectivity index (χ2n) is 3.92. The number of methoxy groups -OCH3 is 2. The lowest BCUT2D eigenvalue weighted by Crippen LogP contribution is -2.32. The number of benzene rings is 1. The molecule has 1 heterocycles. The summed E-state index contributed by atoms with van der Waals surface area (Å²) >= 11 is 1.45. The van der Waals surface area contributed by atoms with Gasteiger partial charge in [0.05, 0.1) is 31.7 Å². The van der Waals surface area contributed by atoms with E-state index < -0.39 is 0 Å². The van der Waals surface area contributed by atoms with Gasteiger partial charge in [-0.1, -0.05) is 17.8 Å². The lowest BCUT2D eigenvalue weighted by molar-refractivity contribution is -0.124. The van der Waals surface area contributed by atoms with Crippen LogP contribution in [0.1, 0.15) is 0 Å². The molecule has 1 aromatic carbocycles. The normalized spacial score (nSPS) is 17.3. The summed E-state index contributed by atoms with van der Waals surface area (Å²) in [5, 5.41) is 0.718. The average Bonchev–Trinajstić information content (AvgIpc) is 2.77. The molecule has 2 rings (SSSR count). The summed E-state index contributed by atoms with van der Waals surface area (Å²) in [5.41, 5.74) is 0.777. The number of amides is 1. The van der Waals surface area contributed by atoms with Gasteiger partial charge in [0.15, 0.2) is 5.17 Å². The van der Waals surface area contributed by atoms with E-state index in [2.05, 4.69) is 4.99 Å². The van der Waals surface area contributed by atoms with Crippen LogP contribution in [0.5, 0.6) is 5.75 Å². The molecule has 1 amide bonds. The molecule has 0 atom stereocenters. The maximum atomic E-state index is 11.7. The summed E-state index contributed by atoms with van der Waals surface area (Å²) in [5.74, 6) is 1.26. The maximum absolute atomic E-state index is 11.7. The number of hydrogen-bond acceptors (Lipinski definition) is 5. The standard InChI is InChI=1S/C13H16N2O3S/c1-17-7-6-15-12(16)9-19-13(15)14-10-4-3-5-11(8-10)18-2/h3-5,8H,6-7,9H2,1-2H3. The summed E-state index contributed by atoms with van der Waals surface area (Å²) in [4.78, 5) is 17.9. The minimum Gasteiger partial charge on any atom is -0.497 e. The van der Waals surface area contributed by atoms with Crippen LogP contribution in [0.2, 0.25) is 0 Å². The van der Waals surface area contributed by atoms with Gasteiger partial charge in [0.25, 0.3) is 0 Å². The third-order valence-corrected chi connectivity index (χ3v) is 3.61. The Morgan fingerprint density at radius 3 is 3.00 bits per heavy atom. The topological polar surface area (TPSA) is 51.1 Å². The average molecular weight is 280 g/mol. The van der Waals surface area contributed by atoms with Crippen LogP contribution < -0.4 is 4.74 Å². The highest BCUT2D eigenvalue weighted by Gasteiger charge is 2.27. The van der Waals surface area contributed by atoms with Crippen LogP contribution in [0, 0.1) is 0 Å². The molecule has 1 saturated heterocycles. The highest BCUT2D eigenvalue weighted by Crippen LogP contribution is 2.25. The zero-order chi connectivity index (χ0) is 13.7. The van der Waals surface area contributed by atoms with E-state index in [-0.39, 0.29) is 5.91 Å². The summed E-state index contributed by atoms with van der Waals surface area (Å²) in [6, 6.07) is 7.46. The van der Waals surface area contributed by atoms with Crippen molar-refractivity contribution in [3.63, 3.8) is 0 Å². The quantitative estimate of drug-likeness (QED) is 0.826. The Morgan fingerprint density at radius 1 is 1.42 bits per heavy atom. The predicted molar refractivity (Wildman–Crippen MR) is 76.1 cm³/mol. The molecule has 0 N–H and O–H groups in total. The Balaban J connectivity index is 2.18. The molecular formula is C13H16N2O3S. The van der Waals surface area contributed by atoms with E-state index in [4.69, 9.17) is 9.47 Å². The van der Waals surface area contributed by atoms with E-state index in [1.54, 1.807) is 19.1 Å². The van der Waals surface area contributed by atoms with Crippen LogP contribution >= 0.6 is 11.8 Å². The fourth-order valence-electron chi connectivity index (χ4n) is 1.67. The lowest BCUT2D eigenvalue weighted by atomic mass is 10.3. The number of carbonyl (C=O) groups excluding carboxylic acids is 1. The molecule has 0 radical (unpaired) electrons. The number of rotatable bonds is 5. The monoisotopic (exact) mass is 280 g/mol. The van der Waals surface area contributed by atoms with E-state index in [0.29, 0.717) is 18.9 Å². The van der Waals surface area contributed by atoms with Crippen molar-refractivity contribution in [2.24, 2.45) is 4.99 Å². The van der Waals surface area contributed by atoms with E-state index in [9.17, 15) is 4.79 Å². The molecule has 102 valence electrons. The number of nitrogens with zero attached hydrogens (tertiary/aromatic N) is 2. The molecule has 1 aliphatic heterocycles. The van der Waals surface area contributed by atoms with Crippen LogP contribution in [0.4, 0.5) is 5.69 Å². The summed E-state index contributed by atoms with van der Waals surface area (Å²) < 4.78 is 10.2. The van der Waals surface area contributed by atoms with Crippen LogP contribution in [0.15, 0.2) is 29.3 Å². The van der Waals surface area contributed by atoms with Gasteiger partial charge in [0.2, 0.25) is 5.91 Å². The molecule has 0 aromatic heterocycles. The number of amidine groups is 1. The molecule has 5 nitrogen and oxygen atoms in total. The molecule has 1 aromatic rings. The van der Waals surface area contributed by atoms with Crippen molar-refractivity contribution in [3.8, 4) is 5.75 Å². The van der Waals surface area contributed by atoms with Crippen molar-refractivity contribution in [2.45, 2.75) is 0 Å². The minimum absolute atomic E-state index is 0.0729. The van der Waals surface area contributed by atoms with Gasteiger partial charge in [-0.2, -0.15) is 0 Å². The third kappa shape index (κ3) is 3.48. The second-order valence-corrected chi connectivity index (χ2v) is 4.87. The maximum Gasteiger partial charge on any atom is 0.239 e. The van der Waals surface area contributed by atoms with Gasteiger partial charge in [0.1, 0.15) is 5.75 Å². The number of thioether (sulfide) groups is 1. The summed E-state index contributed by atoms with van der Waals surface area (Å²) in [7, 11) is 3.23. The zero-order valence-corrected chi connectivity index (χ0v) is 11.8. The van der Waals surface area contributed by atoms with E-state index >= 15 is 0 Å². The SMILES string of the molecule is COCCN1C(=O)CSC1=Nc1cccc(OC)c1. The largest absolute Gasteiger partial charge is 0.497 e. The van der Waals surface area contributed by atoms with Crippen LogP contribution in [-0.4, -0.2) is 49.1 Å². The van der Waals surface area contributed by atoms with Gasteiger partial charge in [-0.3, -0.25) is 9.69 Å². The molecule has 0 unspecified atom stereocenters. The molecule has 0 saturated carbocycles. The van der Waals surface area contributed by atoms with Crippen molar-refractivity contribution in [1.82, 2.24) is 4.90 Å². The van der Waals surface area contributed by atoms with E-state index in [0.717, 1.165) is 16.6 Å². The van der Waals surface area contributed by atoms with Gasteiger partial charge >= 0.3 is 0 Å². The fourth-order valence-corrected chi connectivity index (χ4v) is 2.60. The highest BCUT2D eigenvalue weighted by molar-refractivity contribution is 8.15. The van der Waals surface area contributed by atoms with Gasteiger partial charge in [-0.05, 0) is 12.1 Å². The molecule has 1 fully saturated rings. The third-order valence-electron chi connectivity index (χ3n) is 2.65. The van der Waals surface area contributed by atoms with E-state index in [1.165, 1.54) is 11.8 Å². The van der Waals surface area contributed by atoms with Gasteiger partial charge in [0, 0.05) is 13.2 Å². The number of ether oxygens (including phenoxy) is 2. The molecule has 0 aliphatic carbocycles. The Hall–Kier alpha value is -1.53. The van der Waals surface area contributed by atoms with Crippen LogP contribution in [0.3, 0.4) is 0 Å². The van der Waals surface area contributed by atoms with Crippen molar-refractivity contribution in [2.75, 3.05) is 33.1 Å². The second kappa shape index (κ2) is 6.58. The number of carbonyl (C=O) groups is 1. The first-order valence-corrected chi connectivity index (χ1v) is 6.88. The minimum atomic E-state index is 0.0729. The fraction of sp³-hybridized carbons (Fsp3) is 0.385. The van der Waals surface area contributed by atoms with Crippen LogP contribution in [0.25, 0.3) is 0 Å². The van der Waals surface area contributed by atoms with Crippen molar-refractivity contribution in [1.29, 1.82) is 0 Å². The van der Waals surface area contributed by atoms with Crippen LogP contribution in [-0.2, 0) is 9.53 Å². The Kier molecular flexibility index (Phi) is 4.81. The first kappa shape index (κ1) is 13.9. The molecule has 19 heavy (non-hydrogen) atoms. The Labute approximate surface area is 116 Å². The highest BCUT2D eigenvalue weighted by atomic mass is 32.2. The van der Waals surface area contributed by atoms with Gasteiger partial charge in [-0.25, -0.2) is 4.99 Å². The van der Waals surface area contributed by atoms with Crippen molar-refractivity contribution < 1.29 is 14.3 Å². The molecule has 6 heteroatoms. The Bertz CT molecular complexity index is 491. The van der Waals surface area contributed by atoms with E-state index in [1.807, 2.05) is 24.3 Å². The molecule has 1 aliphatic rings. The van der Waals surface area contributed by atoms with Gasteiger partial charge < -0.3 is 9.47 Å². The smallest absolute Gasteiger partial charge is 0.239 e. The number of hydrogen-bond donors (Lipinski definition) is 0. The molecule has 0 bridgehead atoms. The Morgan fingerprint density at radius 2 is 2.26 bits per heavy atom. The summed E-state index contributed by atoms with van der Waals surface area (Å²) in [6.07, 6.45) is 0. The first-order chi connectivity index (χ1) is 9.24.